The minimum absolute atomic E-state index is 0.873. The minimum atomic E-state index is 0.873. The molecule has 0 N–H and O–H groups in total. The SMILES string of the molecule is c1ccc(-n2c3ccccc3c3cc(N(c4ccc5c(c4)-c4cccc6cc7ccccc7c-5c46)c4cccc5c4oc4ccccc45)ccc32)cc1. The van der Waals surface area contributed by atoms with Crippen molar-refractivity contribution in [1.82, 2.24) is 4.57 Å². The Hall–Kier alpha value is -7.10. The average Bonchev–Trinajstić information content (AvgIpc) is 3.87. The summed E-state index contributed by atoms with van der Waals surface area (Å²) >= 11 is 0. The van der Waals surface area contributed by atoms with Crippen LogP contribution in [0.2, 0.25) is 0 Å². The van der Waals surface area contributed by atoms with Crippen LogP contribution in [0.15, 0.2) is 186 Å². The number of rotatable bonds is 4. The van der Waals surface area contributed by atoms with Crippen LogP contribution >= 0.6 is 0 Å². The van der Waals surface area contributed by atoms with Crippen molar-refractivity contribution in [1.29, 1.82) is 0 Å². The average molecular weight is 675 g/mol. The highest BCUT2D eigenvalue weighted by Gasteiger charge is 2.27. The summed E-state index contributed by atoms with van der Waals surface area (Å²) < 4.78 is 9.09. The van der Waals surface area contributed by atoms with Gasteiger partial charge in [0.15, 0.2) is 5.58 Å². The van der Waals surface area contributed by atoms with Gasteiger partial charge in [-0.2, -0.15) is 0 Å². The van der Waals surface area contributed by atoms with Gasteiger partial charge < -0.3 is 13.9 Å². The van der Waals surface area contributed by atoms with Crippen molar-refractivity contribution < 1.29 is 4.42 Å². The lowest BCUT2D eigenvalue weighted by Gasteiger charge is -2.26. The molecule has 0 atom stereocenters. The van der Waals surface area contributed by atoms with E-state index >= 15 is 0 Å². The van der Waals surface area contributed by atoms with Crippen LogP contribution in [0.1, 0.15) is 0 Å². The van der Waals surface area contributed by atoms with Crippen molar-refractivity contribution in [2.75, 3.05) is 4.90 Å². The molecule has 9 aromatic carbocycles. The molecule has 1 aliphatic carbocycles. The summed E-state index contributed by atoms with van der Waals surface area (Å²) in [5, 5.41) is 9.82. The van der Waals surface area contributed by atoms with Gasteiger partial charge in [0.05, 0.1) is 16.7 Å². The van der Waals surface area contributed by atoms with Gasteiger partial charge >= 0.3 is 0 Å². The first-order valence-electron chi connectivity index (χ1n) is 18.2. The number of fused-ring (bicyclic) bond motifs is 11. The van der Waals surface area contributed by atoms with E-state index in [1.807, 2.05) is 6.07 Å². The lowest BCUT2D eigenvalue weighted by Crippen LogP contribution is -2.10. The van der Waals surface area contributed by atoms with E-state index < -0.39 is 0 Å². The number of hydrogen-bond acceptors (Lipinski definition) is 2. The van der Waals surface area contributed by atoms with Crippen molar-refractivity contribution in [2.45, 2.75) is 0 Å². The Bertz CT molecular complexity index is 3290. The Morgan fingerprint density at radius 1 is 0.415 bits per heavy atom. The summed E-state index contributed by atoms with van der Waals surface area (Å²) in [6, 6.07) is 66.0. The number of hydrogen-bond donors (Lipinski definition) is 0. The number of nitrogens with zero attached hydrogens (tertiary/aromatic N) is 2. The molecule has 11 aromatic rings. The molecule has 2 aromatic heterocycles. The highest BCUT2D eigenvalue weighted by atomic mass is 16.3. The molecule has 3 heteroatoms. The van der Waals surface area contributed by atoms with Crippen molar-refractivity contribution in [3.63, 3.8) is 0 Å². The van der Waals surface area contributed by atoms with Gasteiger partial charge in [0.1, 0.15) is 5.58 Å². The molecule has 0 bridgehead atoms. The summed E-state index contributed by atoms with van der Waals surface area (Å²) in [5.74, 6) is 0. The van der Waals surface area contributed by atoms with Crippen LogP contribution in [0, 0.1) is 0 Å². The number of aromatic nitrogens is 1. The molecule has 53 heavy (non-hydrogen) atoms. The molecular formula is C50H30N2O. The second kappa shape index (κ2) is 10.7. The van der Waals surface area contributed by atoms with E-state index in [0.29, 0.717) is 0 Å². The van der Waals surface area contributed by atoms with Crippen LogP contribution in [0.3, 0.4) is 0 Å². The summed E-state index contributed by atoms with van der Waals surface area (Å²) in [5.41, 5.74) is 13.6. The predicted octanol–water partition coefficient (Wildman–Crippen LogP) is 14.1. The maximum atomic E-state index is 6.72. The van der Waals surface area contributed by atoms with Crippen LogP contribution < -0.4 is 4.90 Å². The van der Waals surface area contributed by atoms with E-state index in [1.165, 1.54) is 65.6 Å². The lowest BCUT2D eigenvalue weighted by molar-refractivity contribution is 0.669. The van der Waals surface area contributed by atoms with E-state index in [2.05, 4.69) is 185 Å². The highest BCUT2D eigenvalue weighted by molar-refractivity contribution is 6.24. The molecule has 0 saturated carbocycles. The monoisotopic (exact) mass is 674 g/mol. The zero-order valence-electron chi connectivity index (χ0n) is 28.6. The van der Waals surface area contributed by atoms with E-state index in [1.54, 1.807) is 0 Å². The zero-order valence-corrected chi connectivity index (χ0v) is 28.6. The fourth-order valence-electron chi connectivity index (χ4n) is 9.03. The molecule has 0 aliphatic heterocycles. The highest BCUT2D eigenvalue weighted by Crippen LogP contribution is 2.53. The number of benzene rings is 9. The topological polar surface area (TPSA) is 21.3 Å². The van der Waals surface area contributed by atoms with Crippen molar-refractivity contribution in [2.24, 2.45) is 0 Å². The fourth-order valence-corrected chi connectivity index (χ4v) is 9.03. The first-order valence-corrected chi connectivity index (χ1v) is 18.2. The van der Waals surface area contributed by atoms with E-state index in [-0.39, 0.29) is 0 Å². The van der Waals surface area contributed by atoms with Crippen LogP contribution in [0.5, 0.6) is 0 Å². The molecule has 0 amide bonds. The molecule has 246 valence electrons. The molecule has 0 radical (unpaired) electrons. The van der Waals surface area contributed by atoms with Gasteiger partial charge in [-0.25, -0.2) is 0 Å². The molecular weight excluding hydrogens is 645 g/mol. The van der Waals surface area contributed by atoms with Crippen molar-refractivity contribution >= 4 is 82.4 Å². The standard InChI is InChI=1S/C50H30N2O/c1-2-14-33(15-3-1)52-44-21-8-6-17-37(44)43-30-35(25-27-45(43)52)51(46-22-11-20-41-38-18-7-9-23-47(38)53-50(41)46)34-24-26-40-42(29-34)39-19-10-13-32-28-31-12-4-5-16-36(31)49(40)48(32)39/h1-30H. The summed E-state index contributed by atoms with van der Waals surface area (Å²) in [4.78, 5) is 2.39. The van der Waals surface area contributed by atoms with Gasteiger partial charge in [-0.3, -0.25) is 0 Å². The Morgan fingerprint density at radius 3 is 2.04 bits per heavy atom. The Labute approximate surface area is 305 Å². The van der Waals surface area contributed by atoms with Gasteiger partial charge in [-0.05, 0) is 111 Å². The summed E-state index contributed by atoms with van der Waals surface area (Å²) in [7, 11) is 0. The molecule has 0 unspecified atom stereocenters. The maximum absolute atomic E-state index is 6.72. The van der Waals surface area contributed by atoms with E-state index in [9.17, 15) is 0 Å². The maximum Gasteiger partial charge on any atom is 0.159 e. The number of para-hydroxylation sites is 4. The second-order valence-electron chi connectivity index (χ2n) is 14.1. The summed E-state index contributed by atoms with van der Waals surface area (Å²) in [6.45, 7) is 0. The quantitative estimate of drug-likeness (QED) is 0.173. The van der Waals surface area contributed by atoms with Crippen LogP contribution in [-0.4, -0.2) is 4.57 Å². The Balaban J connectivity index is 1.14. The number of anilines is 3. The van der Waals surface area contributed by atoms with Crippen LogP contribution in [0.4, 0.5) is 17.1 Å². The zero-order chi connectivity index (χ0) is 34.6. The molecule has 0 fully saturated rings. The van der Waals surface area contributed by atoms with E-state index in [4.69, 9.17) is 4.42 Å². The molecule has 0 spiro atoms. The smallest absolute Gasteiger partial charge is 0.159 e. The number of furan rings is 1. The second-order valence-corrected chi connectivity index (χ2v) is 14.1. The van der Waals surface area contributed by atoms with Gasteiger partial charge in [-0.15, -0.1) is 0 Å². The van der Waals surface area contributed by atoms with Gasteiger partial charge in [-0.1, -0.05) is 115 Å². The van der Waals surface area contributed by atoms with E-state index in [0.717, 1.165) is 44.7 Å². The predicted molar refractivity (Wildman–Crippen MR) is 222 cm³/mol. The minimum Gasteiger partial charge on any atom is -0.454 e. The molecule has 1 aliphatic rings. The fraction of sp³-hybridized carbons (Fsp3) is 0. The van der Waals surface area contributed by atoms with Crippen molar-refractivity contribution in [3.8, 4) is 27.9 Å². The molecule has 2 heterocycles. The van der Waals surface area contributed by atoms with Crippen LogP contribution in [0.25, 0.3) is 93.2 Å². The molecule has 0 saturated heterocycles. The first-order chi connectivity index (χ1) is 26.3. The first kappa shape index (κ1) is 28.6. The largest absolute Gasteiger partial charge is 0.454 e. The third-order valence-corrected chi connectivity index (χ3v) is 11.3. The third kappa shape index (κ3) is 3.99. The normalized spacial score (nSPS) is 12.2. The van der Waals surface area contributed by atoms with Gasteiger partial charge in [0, 0.05) is 38.6 Å². The van der Waals surface area contributed by atoms with Gasteiger partial charge in [0.25, 0.3) is 0 Å². The molecule has 12 rings (SSSR count). The Morgan fingerprint density at radius 2 is 1.11 bits per heavy atom. The lowest BCUT2D eigenvalue weighted by atomic mass is 9.96. The third-order valence-electron chi connectivity index (χ3n) is 11.3. The van der Waals surface area contributed by atoms with Crippen molar-refractivity contribution in [3.05, 3.63) is 182 Å². The van der Waals surface area contributed by atoms with Gasteiger partial charge in [0.2, 0.25) is 0 Å². The Kier molecular flexibility index (Phi) is 5.77. The summed E-state index contributed by atoms with van der Waals surface area (Å²) in [6.07, 6.45) is 0. The molecule has 3 nitrogen and oxygen atoms in total. The van der Waals surface area contributed by atoms with Crippen LogP contribution in [-0.2, 0) is 0 Å².